The van der Waals surface area contributed by atoms with E-state index in [4.69, 9.17) is 48.1 Å². The second kappa shape index (κ2) is 28.1. The minimum atomic E-state index is 0.370. The Balaban J connectivity index is 1.75. The molecule has 0 aliphatic rings. The van der Waals surface area contributed by atoms with E-state index < -0.39 is 0 Å². The van der Waals surface area contributed by atoms with Gasteiger partial charge in [0.05, 0.1) is 13.2 Å². The first-order valence-electron chi connectivity index (χ1n) is 18.9. The molecule has 2 aromatic carbocycles. The van der Waals surface area contributed by atoms with Gasteiger partial charge in [-0.25, -0.2) is 0 Å². The minimum Gasteiger partial charge on any atom is -0.487 e. The average Bonchev–Trinajstić information content (AvgIpc) is 3.12. The van der Waals surface area contributed by atoms with Crippen LogP contribution in [0.1, 0.15) is 105 Å². The highest BCUT2D eigenvalue weighted by atomic mass is 32.1. The van der Waals surface area contributed by atoms with Crippen LogP contribution in [0, 0.1) is 0 Å². The van der Waals surface area contributed by atoms with Gasteiger partial charge in [-0.1, -0.05) is 128 Å². The number of thiocarbonyl (C=S) groups is 2. The Kier molecular flexibility index (Phi) is 24.4. The Bertz CT molecular complexity index is 1040. The van der Waals surface area contributed by atoms with Gasteiger partial charge in [-0.15, -0.1) is 0 Å². The number of ether oxygens (including phenoxy) is 5. The van der Waals surface area contributed by atoms with Gasteiger partial charge in [0, 0.05) is 26.2 Å². The minimum absolute atomic E-state index is 0.370. The van der Waals surface area contributed by atoms with E-state index in [0.29, 0.717) is 62.6 Å². The van der Waals surface area contributed by atoms with E-state index in [0.717, 1.165) is 61.8 Å². The summed E-state index contributed by atoms with van der Waals surface area (Å²) < 4.78 is 30.2. The lowest BCUT2D eigenvalue weighted by atomic mass is 10.2. The molecule has 0 amide bonds. The van der Waals surface area contributed by atoms with E-state index in [1.807, 2.05) is 48.5 Å². The highest BCUT2D eigenvalue weighted by Crippen LogP contribution is 2.27. The third-order valence-electron chi connectivity index (χ3n) is 8.20. The lowest BCUT2D eigenvalue weighted by molar-refractivity contribution is 0.0748. The molecule has 7 nitrogen and oxygen atoms in total. The van der Waals surface area contributed by atoms with Gasteiger partial charge in [-0.05, 0) is 49.9 Å². The quantitative estimate of drug-likeness (QED) is 0.0581. The molecule has 0 radical (unpaired) electrons. The summed E-state index contributed by atoms with van der Waals surface area (Å²) in [6.45, 7) is 15.3. The zero-order valence-electron chi connectivity index (χ0n) is 30.9. The third-order valence-corrected chi connectivity index (χ3v) is 8.95. The number of rotatable bonds is 30. The molecule has 2 aromatic rings. The molecule has 0 fully saturated rings. The molecule has 0 unspecified atom stereocenters. The first-order valence-corrected chi connectivity index (χ1v) is 19.7. The van der Waals surface area contributed by atoms with Crippen LogP contribution in [-0.2, 0) is 4.74 Å². The van der Waals surface area contributed by atoms with Crippen molar-refractivity contribution in [1.82, 2.24) is 9.80 Å². The topological polar surface area (TPSA) is 52.6 Å². The highest BCUT2D eigenvalue weighted by molar-refractivity contribution is 7.80. The van der Waals surface area contributed by atoms with Crippen molar-refractivity contribution in [3.63, 3.8) is 0 Å². The molecule has 276 valence electrons. The van der Waals surface area contributed by atoms with Crippen molar-refractivity contribution in [3.8, 4) is 23.0 Å². The largest absolute Gasteiger partial charge is 0.487 e. The molecule has 0 atom stereocenters. The summed E-state index contributed by atoms with van der Waals surface area (Å²) >= 11 is 11.6. The van der Waals surface area contributed by atoms with E-state index in [-0.39, 0.29) is 0 Å². The number of para-hydroxylation sites is 4. The Morgan fingerprint density at radius 3 is 1.06 bits per heavy atom. The Hall–Kier alpha value is -2.62. The smallest absolute Gasteiger partial charge is 0.161 e. The lowest BCUT2D eigenvalue weighted by Crippen LogP contribution is -2.35. The number of benzene rings is 2. The molecule has 0 saturated heterocycles. The maximum Gasteiger partial charge on any atom is 0.161 e. The van der Waals surface area contributed by atoms with Gasteiger partial charge in [-0.3, -0.25) is 0 Å². The standard InChI is InChI=1S/C40H64N2O5S2/c1-5-9-17-25-41(26-18-10-6-2)39(48)33-46-37-23-15-13-21-35(37)44-31-29-43-30-32-45-36-22-14-16-24-38(36)47-34-40(49)42(27-19-11-7-3)28-20-12-8-4/h13-16,21-24H,5-12,17-20,25-34H2,1-4H3. The van der Waals surface area contributed by atoms with Crippen LogP contribution in [-0.4, -0.2) is 85.6 Å². The maximum atomic E-state index is 6.15. The van der Waals surface area contributed by atoms with E-state index in [2.05, 4.69) is 37.5 Å². The second-order valence-electron chi connectivity index (χ2n) is 12.4. The Labute approximate surface area is 309 Å². The number of nitrogens with zero attached hydrogens (tertiary/aromatic N) is 2. The molecule has 0 aromatic heterocycles. The summed E-state index contributed by atoms with van der Waals surface area (Å²) in [5, 5.41) is 0. The van der Waals surface area contributed by atoms with Gasteiger partial charge in [0.1, 0.15) is 36.4 Å². The third kappa shape index (κ3) is 18.8. The number of hydrogen-bond acceptors (Lipinski definition) is 7. The summed E-state index contributed by atoms with van der Waals surface area (Å²) in [5.74, 6) is 2.76. The average molecular weight is 717 g/mol. The predicted octanol–water partition coefficient (Wildman–Crippen LogP) is 9.94. The first kappa shape index (κ1) is 42.5. The van der Waals surface area contributed by atoms with Crippen LogP contribution in [0.2, 0.25) is 0 Å². The van der Waals surface area contributed by atoms with Gasteiger partial charge in [0.2, 0.25) is 0 Å². The van der Waals surface area contributed by atoms with Gasteiger partial charge in [0.25, 0.3) is 0 Å². The summed E-state index contributed by atoms with van der Waals surface area (Å²) in [5.41, 5.74) is 0. The molecule has 0 heterocycles. The van der Waals surface area contributed by atoms with Crippen LogP contribution in [0.15, 0.2) is 48.5 Å². The van der Waals surface area contributed by atoms with Crippen LogP contribution in [0.4, 0.5) is 0 Å². The highest BCUT2D eigenvalue weighted by Gasteiger charge is 2.14. The fraction of sp³-hybridized carbons (Fsp3) is 0.650. The van der Waals surface area contributed by atoms with Gasteiger partial charge < -0.3 is 33.5 Å². The molecule has 0 aliphatic heterocycles. The Morgan fingerprint density at radius 1 is 0.449 bits per heavy atom. The van der Waals surface area contributed by atoms with Gasteiger partial charge >= 0.3 is 0 Å². The van der Waals surface area contributed by atoms with Gasteiger partial charge in [-0.2, -0.15) is 0 Å². The van der Waals surface area contributed by atoms with Crippen molar-refractivity contribution in [1.29, 1.82) is 0 Å². The zero-order chi connectivity index (χ0) is 35.4. The molecule has 49 heavy (non-hydrogen) atoms. The van der Waals surface area contributed by atoms with Crippen molar-refractivity contribution in [2.75, 3.05) is 65.8 Å². The summed E-state index contributed by atoms with van der Waals surface area (Å²) in [4.78, 5) is 6.34. The van der Waals surface area contributed by atoms with Crippen LogP contribution >= 0.6 is 24.4 Å². The molecule has 0 N–H and O–H groups in total. The SMILES string of the molecule is CCCCCN(CCCCC)C(=S)COc1ccccc1OCCOCCOc1ccccc1OCC(=S)N(CCCCC)CCCCC. The van der Waals surface area contributed by atoms with Crippen LogP contribution < -0.4 is 18.9 Å². The molecule has 0 bridgehead atoms. The van der Waals surface area contributed by atoms with Crippen molar-refractivity contribution in [2.45, 2.75) is 105 Å². The lowest BCUT2D eigenvalue weighted by Gasteiger charge is -2.25. The van der Waals surface area contributed by atoms with E-state index in [1.54, 1.807) is 0 Å². The van der Waals surface area contributed by atoms with Crippen LogP contribution in [0.3, 0.4) is 0 Å². The van der Waals surface area contributed by atoms with Gasteiger partial charge in [0.15, 0.2) is 23.0 Å². The fourth-order valence-electron chi connectivity index (χ4n) is 5.30. The van der Waals surface area contributed by atoms with E-state index in [9.17, 15) is 0 Å². The van der Waals surface area contributed by atoms with Crippen molar-refractivity contribution in [2.24, 2.45) is 0 Å². The molecule has 0 aliphatic carbocycles. The van der Waals surface area contributed by atoms with Crippen molar-refractivity contribution in [3.05, 3.63) is 48.5 Å². The summed E-state index contributed by atoms with van der Waals surface area (Å²) in [6.07, 6.45) is 14.3. The second-order valence-corrected chi connectivity index (χ2v) is 13.3. The summed E-state index contributed by atoms with van der Waals surface area (Å²) in [6, 6.07) is 15.5. The summed E-state index contributed by atoms with van der Waals surface area (Å²) in [7, 11) is 0. The molecular formula is C40H64N2O5S2. The molecular weight excluding hydrogens is 653 g/mol. The van der Waals surface area contributed by atoms with E-state index >= 15 is 0 Å². The van der Waals surface area contributed by atoms with Crippen molar-refractivity contribution < 1.29 is 23.7 Å². The monoisotopic (exact) mass is 716 g/mol. The molecule has 0 spiro atoms. The molecule has 2 rings (SSSR count). The maximum absolute atomic E-state index is 6.15. The van der Waals surface area contributed by atoms with E-state index in [1.165, 1.54) is 51.4 Å². The fourth-order valence-corrected chi connectivity index (χ4v) is 5.78. The molecule has 0 saturated carbocycles. The predicted molar refractivity (Wildman–Crippen MR) is 212 cm³/mol. The number of unbranched alkanes of at least 4 members (excludes halogenated alkanes) is 8. The van der Waals surface area contributed by atoms with Crippen LogP contribution in [0.5, 0.6) is 23.0 Å². The van der Waals surface area contributed by atoms with Crippen LogP contribution in [0.25, 0.3) is 0 Å². The molecule has 9 heteroatoms. The van der Waals surface area contributed by atoms with Crippen molar-refractivity contribution >= 4 is 34.4 Å². The normalized spacial score (nSPS) is 10.9. The first-order chi connectivity index (χ1) is 24.0. The Morgan fingerprint density at radius 2 is 0.755 bits per heavy atom. The zero-order valence-corrected chi connectivity index (χ0v) is 32.6. The number of hydrogen-bond donors (Lipinski definition) is 0.